The Bertz CT molecular complexity index is 904. The minimum absolute atomic E-state index is 0.287. The number of methoxy groups -OCH3 is 1. The van der Waals surface area contributed by atoms with Crippen LogP contribution in [0.3, 0.4) is 0 Å². The average Bonchev–Trinajstić information content (AvgIpc) is 3.29. The Labute approximate surface area is 150 Å². The molecule has 0 radical (unpaired) electrons. The van der Waals surface area contributed by atoms with Gasteiger partial charge in [-0.2, -0.15) is 0 Å². The van der Waals surface area contributed by atoms with Gasteiger partial charge in [0.25, 0.3) is 0 Å². The molecule has 1 fully saturated rings. The summed E-state index contributed by atoms with van der Waals surface area (Å²) in [5, 5.41) is 33.5. The van der Waals surface area contributed by atoms with Crippen molar-refractivity contribution in [3.63, 3.8) is 0 Å². The predicted octanol–water partition coefficient (Wildman–Crippen LogP) is 1.12. The minimum atomic E-state index is -1.44. The molecule has 0 spiro atoms. The van der Waals surface area contributed by atoms with Crippen LogP contribution in [0.4, 0.5) is 0 Å². The van der Waals surface area contributed by atoms with Gasteiger partial charge in [-0.25, -0.2) is 0 Å². The third-order valence-corrected chi connectivity index (χ3v) is 6.39. The fraction of sp³-hybridized carbons (Fsp3) is 0.450. The van der Waals surface area contributed by atoms with Crippen molar-refractivity contribution >= 4 is 5.78 Å². The van der Waals surface area contributed by atoms with Crippen LogP contribution < -0.4 is 4.74 Å². The first-order valence-corrected chi connectivity index (χ1v) is 8.67. The summed E-state index contributed by atoms with van der Waals surface area (Å²) in [4.78, 5) is 12.8. The summed E-state index contributed by atoms with van der Waals surface area (Å²) in [5.41, 5.74) is -2.38. The zero-order chi connectivity index (χ0) is 18.5. The summed E-state index contributed by atoms with van der Waals surface area (Å²) < 4.78 is 11.4. The van der Waals surface area contributed by atoms with Gasteiger partial charge in [-0.05, 0) is 30.7 Å². The largest absolute Gasteiger partial charge is 0.496 e. The van der Waals surface area contributed by atoms with Gasteiger partial charge in [-0.15, -0.1) is 0 Å². The third-order valence-electron chi connectivity index (χ3n) is 6.39. The van der Waals surface area contributed by atoms with E-state index in [9.17, 15) is 20.1 Å². The van der Waals surface area contributed by atoms with Crippen LogP contribution in [0.1, 0.15) is 36.7 Å². The monoisotopic (exact) mass is 356 g/mol. The Kier molecular flexibility index (Phi) is 2.89. The maximum absolute atomic E-state index is 12.8. The summed E-state index contributed by atoms with van der Waals surface area (Å²) in [6, 6.07) is 5.12. The highest BCUT2D eigenvalue weighted by Gasteiger charge is 2.86. The number of ether oxygens (including phenoxy) is 2. The van der Waals surface area contributed by atoms with Crippen molar-refractivity contribution in [1.82, 2.24) is 0 Å². The van der Waals surface area contributed by atoms with Gasteiger partial charge in [0.2, 0.25) is 0 Å². The first-order chi connectivity index (χ1) is 12.3. The number of allylic oxidation sites excluding steroid dienone is 1. The van der Waals surface area contributed by atoms with Crippen LogP contribution >= 0.6 is 0 Å². The Morgan fingerprint density at radius 2 is 2.00 bits per heavy atom. The molecule has 0 saturated carbocycles. The lowest BCUT2D eigenvalue weighted by atomic mass is 9.56. The maximum atomic E-state index is 12.8. The Balaban J connectivity index is 1.76. The molecule has 1 aromatic carbocycles. The predicted molar refractivity (Wildman–Crippen MR) is 90.4 cm³/mol. The molecule has 3 aliphatic carbocycles. The minimum Gasteiger partial charge on any atom is -0.496 e. The zero-order valence-corrected chi connectivity index (χ0v) is 14.5. The van der Waals surface area contributed by atoms with Gasteiger partial charge >= 0.3 is 0 Å². The molecule has 6 heteroatoms. The Hall–Kier alpha value is -1.99. The average molecular weight is 356 g/mol. The number of carbonyl (C=O) groups excluding carboxylic acids is 1. The van der Waals surface area contributed by atoms with Crippen LogP contribution in [-0.2, 0) is 9.53 Å². The Morgan fingerprint density at radius 3 is 2.73 bits per heavy atom. The zero-order valence-electron chi connectivity index (χ0n) is 14.5. The molecular formula is C20H20O6. The van der Waals surface area contributed by atoms with E-state index in [4.69, 9.17) is 9.47 Å². The number of carbonyl (C=O) groups is 1. The van der Waals surface area contributed by atoms with Crippen molar-refractivity contribution in [2.75, 3.05) is 7.11 Å². The van der Waals surface area contributed by atoms with E-state index in [2.05, 4.69) is 0 Å². The summed E-state index contributed by atoms with van der Waals surface area (Å²) in [6.07, 6.45) is 2.66. The summed E-state index contributed by atoms with van der Waals surface area (Å²) in [5.74, 6) is -0.819. The lowest BCUT2D eigenvalue weighted by Gasteiger charge is -2.47. The van der Waals surface area contributed by atoms with Crippen LogP contribution in [0, 0.1) is 5.92 Å². The van der Waals surface area contributed by atoms with Crippen LogP contribution in [0.15, 0.2) is 42.0 Å². The van der Waals surface area contributed by atoms with Crippen molar-refractivity contribution in [2.24, 2.45) is 5.92 Å². The highest BCUT2D eigenvalue weighted by molar-refractivity contribution is 5.97. The molecule has 1 saturated heterocycles. The Morgan fingerprint density at radius 1 is 1.23 bits per heavy atom. The number of aliphatic hydroxyl groups excluding tert-OH is 2. The van der Waals surface area contributed by atoms with E-state index in [1.807, 2.05) is 0 Å². The second-order valence-electron chi connectivity index (χ2n) is 7.78. The van der Waals surface area contributed by atoms with Crippen molar-refractivity contribution < 1.29 is 29.6 Å². The molecular weight excluding hydrogens is 336 g/mol. The molecule has 26 heavy (non-hydrogen) atoms. The van der Waals surface area contributed by atoms with E-state index in [1.54, 1.807) is 37.3 Å². The smallest absolute Gasteiger partial charge is 0.165 e. The number of epoxide rings is 1. The van der Waals surface area contributed by atoms with E-state index < -0.39 is 34.9 Å². The SMILES string of the molecule is COc1cccc2c1[C@H](O)[C@]13C=C[C@]4(O)CC(C)=CC(=O)[C@@H]4[C@]1(O3)[C@H]2O. The number of ketones is 1. The number of hydrogen-bond donors (Lipinski definition) is 3. The molecule has 1 heterocycles. The molecule has 5 rings (SSSR count). The van der Waals surface area contributed by atoms with Crippen LogP contribution in [-0.4, -0.2) is 45.0 Å². The molecule has 0 unspecified atom stereocenters. The molecule has 1 aliphatic heterocycles. The fourth-order valence-electron chi connectivity index (χ4n) is 5.38. The van der Waals surface area contributed by atoms with E-state index in [0.717, 1.165) is 5.57 Å². The molecule has 0 bridgehead atoms. The first kappa shape index (κ1) is 16.2. The lowest BCUT2D eigenvalue weighted by molar-refractivity contribution is -0.136. The van der Waals surface area contributed by atoms with Crippen LogP contribution in [0.2, 0.25) is 0 Å². The van der Waals surface area contributed by atoms with Gasteiger partial charge in [-0.1, -0.05) is 23.8 Å². The van der Waals surface area contributed by atoms with Gasteiger partial charge in [0.15, 0.2) is 11.4 Å². The molecule has 0 amide bonds. The third kappa shape index (κ3) is 1.56. The quantitative estimate of drug-likeness (QED) is 0.515. The molecule has 136 valence electrons. The van der Waals surface area contributed by atoms with E-state index >= 15 is 0 Å². The van der Waals surface area contributed by atoms with Crippen molar-refractivity contribution in [1.29, 1.82) is 0 Å². The van der Waals surface area contributed by atoms with Gasteiger partial charge in [-0.3, -0.25) is 4.79 Å². The number of aliphatic hydroxyl groups is 3. The second-order valence-corrected chi connectivity index (χ2v) is 7.78. The standard InChI is InChI=1S/C20H20O6/c1-10-8-12(21)15-18(24,9-10)6-7-19-17(23)14-11(4-3-5-13(14)25-2)16(22)20(15,19)26-19/h3-8,15-17,22-24H,9H2,1-2H3/t15-,16-,17-,18-,19+,20-/m0/s1. The van der Waals surface area contributed by atoms with E-state index in [1.165, 1.54) is 13.2 Å². The van der Waals surface area contributed by atoms with E-state index in [0.29, 0.717) is 16.9 Å². The van der Waals surface area contributed by atoms with Gasteiger partial charge in [0.05, 0.1) is 18.6 Å². The molecule has 3 N–H and O–H groups in total. The van der Waals surface area contributed by atoms with Crippen LogP contribution in [0.5, 0.6) is 5.75 Å². The van der Waals surface area contributed by atoms with Gasteiger partial charge < -0.3 is 24.8 Å². The molecule has 6 nitrogen and oxygen atoms in total. The normalized spacial score (nSPS) is 45.0. The first-order valence-electron chi connectivity index (χ1n) is 8.67. The summed E-state index contributed by atoms with van der Waals surface area (Å²) >= 11 is 0. The van der Waals surface area contributed by atoms with Crippen molar-refractivity contribution in [3.05, 3.63) is 53.1 Å². The summed E-state index contributed by atoms with van der Waals surface area (Å²) in [7, 11) is 1.50. The van der Waals surface area contributed by atoms with Crippen molar-refractivity contribution in [3.8, 4) is 5.75 Å². The highest BCUT2D eigenvalue weighted by Crippen LogP contribution is 2.73. The van der Waals surface area contributed by atoms with E-state index in [-0.39, 0.29) is 12.2 Å². The number of benzene rings is 1. The topological polar surface area (TPSA) is 99.5 Å². The molecule has 1 aromatic rings. The van der Waals surface area contributed by atoms with Crippen molar-refractivity contribution in [2.45, 2.75) is 42.4 Å². The van der Waals surface area contributed by atoms with Crippen LogP contribution in [0.25, 0.3) is 0 Å². The molecule has 6 atom stereocenters. The molecule has 4 aliphatic rings. The maximum Gasteiger partial charge on any atom is 0.165 e. The molecule has 0 aromatic heterocycles. The number of hydrogen-bond acceptors (Lipinski definition) is 6. The number of fused-ring (bicyclic) bond motifs is 2. The lowest BCUT2D eigenvalue weighted by Crippen LogP contribution is -2.60. The summed E-state index contributed by atoms with van der Waals surface area (Å²) in [6.45, 7) is 1.79. The van der Waals surface area contributed by atoms with Gasteiger partial charge in [0.1, 0.15) is 23.6 Å². The second kappa shape index (κ2) is 4.64. The number of rotatable bonds is 1. The fourth-order valence-corrected chi connectivity index (χ4v) is 5.38. The highest BCUT2D eigenvalue weighted by atomic mass is 16.7. The van der Waals surface area contributed by atoms with Gasteiger partial charge in [0, 0.05) is 12.0 Å².